The smallest absolute Gasteiger partial charge is 0.313 e. The van der Waals surface area contributed by atoms with Crippen LogP contribution in [0.1, 0.15) is 58.8 Å². The van der Waals surface area contributed by atoms with Crippen molar-refractivity contribution in [1.29, 1.82) is 0 Å². The molecule has 0 aliphatic carbocycles. The maximum Gasteiger partial charge on any atom is 0.313 e. The molecule has 0 N–H and O–H groups in total. The monoisotopic (exact) mass is 198 g/mol. The van der Waals surface area contributed by atoms with Gasteiger partial charge in [0.2, 0.25) is 0 Å². The Kier molecular flexibility index (Phi) is 4.99. The van der Waals surface area contributed by atoms with Gasteiger partial charge >= 0.3 is 5.97 Å². The number of ether oxygens (including phenoxy) is 1. The Morgan fingerprint density at radius 3 is 2.43 bits per heavy atom. The van der Waals surface area contributed by atoms with Crippen LogP contribution < -0.4 is 0 Å². The van der Waals surface area contributed by atoms with E-state index in [2.05, 4.69) is 13.8 Å². The molecule has 0 aromatic rings. The van der Waals surface area contributed by atoms with Crippen molar-refractivity contribution in [1.82, 2.24) is 0 Å². The molecule has 1 heterocycles. The second-order valence-corrected chi connectivity index (χ2v) is 4.22. The first-order valence-electron chi connectivity index (χ1n) is 6.00. The second kappa shape index (κ2) is 6.05. The summed E-state index contributed by atoms with van der Waals surface area (Å²) in [7, 11) is 0. The molecule has 14 heavy (non-hydrogen) atoms. The van der Waals surface area contributed by atoms with E-state index in [9.17, 15) is 4.79 Å². The van der Waals surface area contributed by atoms with Crippen molar-refractivity contribution in [3.63, 3.8) is 0 Å². The van der Waals surface area contributed by atoms with Crippen LogP contribution >= 0.6 is 0 Å². The van der Waals surface area contributed by atoms with Gasteiger partial charge in [0.1, 0.15) is 6.10 Å². The minimum atomic E-state index is 0.0416. The van der Waals surface area contributed by atoms with Crippen LogP contribution in [0.15, 0.2) is 0 Å². The average Bonchev–Trinajstić information content (AvgIpc) is 2.17. The summed E-state index contributed by atoms with van der Waals surface area (Å²) in [6, 6.07) is 0. The fraction of sp³-hybridized carbons (Fsp3) is 0.917. The van der Waals surface area contributed by atoms with E-state index in [0.717, 1.165) is 19.3 Å². The molecule has 1 rings (SSSR count). The normalized spacial score (nSPS) is 25.7. The summed E-state index contributed by atoms with van der Waals surface area (Å²) in [5, 5.41) is 0. The van der Waals surface area contributed by atoms with E-state index in [0.29, 0.717) is 0 Å². The topological polar surface area (TPSA) is 26.3 Å². The Hall–Kier alpha value is -0.530. The zero-order chi connectivity index (χ0) is 10.4. The second-order valence-electron chi connectivity index (χ2n) is 4.22. The number of hydrogen-bond acceptors (Lipinski definition) is 2. The lowest BCUT2D eigenvalue weighted by molar-refractivity contribution is -0.186. The summed E-state index contributed by atoms with van der Waals surface area (Å²) >= 11 is 0. The van der Waals surface area contributed by atoms with E-state index in [1.54, 1.807) is 0 Å². The Bertz CT molecular complexity index is 177. The van der Waals surface area contributed by atoms with Crippen molar-refractivity contribution >= 4 is 5.97 Å². The molecule has 1 saturated heterocycles. The number of rotatable bonds is 7. The largest absolute Gasteiger partial charge is 0.461 e. The van der Waals surface area contributed by atoms with Crippen molar-refractivity contribution in [2.24, 2.45) is 5.92 Å². The Balaban J connectivity index is 2.12. The average molecular weight is 198 g/mol. The predicted molar refractivity (Wildman–Crippen MR) is 57.0 cm³/mol. The minimum Gasteiger partial charge on any atom is -0.461 e. The lowest BCUT2D eigenvalue weighted by Crippen LogP contribution is -2.44. The number of hydrogen-bond donors (Lipinski definition) is 0. The van der Waals surface area contributed by atoms with Crippen molar-refractivity contribution in [2.75, 3.05) is 0 Å². The number of esters is 1. The number of cyclic esters (lactones) is 1. The maximum absolute atomic E-state index is 11.2. The fourth-order valence-electron chi connectivity index (χ4n) is 2.04. The molecule has 82 valence electrons. The van der Waals surface area contributed by atoms with Crippen LogP contribution in [0.3, 0.4) is 0 Å². The molecule has 2 nitrogen and oxygen atoms in total. The molecule has 0 aromatic carbocycles. The van der Waals surface area contributed by atoms with Gasteiger partial charge in [-0.05, 0) is 12.8 Å². The number of carbonyl (C=O) groups is 1. The summed E-state index contributed by atoms with van der Waals surface area (Å²) in [4.78, 5) is 11.2. The third kappa shape index (κ3) is 3.00. The molecule has 1 aliphatic heterocycles. The van der Waals surface area contributed by atoms with Crippen molar-refractivity contribution in [2.45, 2.75) is 64.9 Å². The van der Waals surface area contributed by atoms with Crippen molar-refractivity contribution < 1.29 is 9.53 Å². The molecule has 0 bridgehead atoms. The van der Waals surface area contributed by atoms with Crippen LogP contribution in [0.25, 0.3) is 0 Å². The van der Waals surface area contributed by atoms with E-state index < -0.39 is 0 Å². The van der Waals surface area contributed by atoms with Crippen molar-refractivity contribution in [3.8, 4) is 0 Å². The zero-order valence-electron chi connectivity index (χ0n) is 9.42. The molecular formula is C12H22O2. The van der Waals surface area contributed by atoms with E-state index >= 15 is 0 Å². The Labute approximate surface area is 87.0 Å². The first-order valence-corrected chi connectivity index (χ1v) is 6.00. The Morgan fingerprint density at radius 2 is 1.86 bits per heavy atom. The van der Waals surface area contributed by atoms with E-state index in [1.165, 1.54) is 25.7 Å². The molecule has 0 aromatic heterocycles. The highest BCUT2D eigenvalue weighted by atomic mass is 16.6. The van der Waals surface area contributed by atoms with Gasteiger partial charge in [0, 0.05) is 0 Å². The fourth-order valence-corrected chi connectivity index (χ4v) is 2.04. The van der Waals surface area contributed by atoms with Crippen LogP contribution in [0.5, 0.6) is 0 Å². The van der Waals surface area contributed by atoms with Crippen LogP contribution in [0, 0.1) is 5.92 Å². The first-order chi connectivity index (χ1) is 6.79. The van der Waals surface area contributed by atoms with Gasteiger partial charge in [-0.1, -0.05) is 46.0 Å². The van der Waals surface area contributed by atoms with Crippen molar-refractivity contribution in [3.05, 3.63) is 0 Å². The molecule has 2 atom stereocenters. The van der Waals surface area contributed by atoms with Crippen LogP contribution in [-0.4, -0.2) is 12.1 Å². The summed E-state index contributed by atoms with van der Waals surface area (Å²) in [6.07, 6.45) is 8.45. The Morgan fingerprint density at radius 1 is 1.07 bits per heavy atom. The summed E-state index contributed by atoms with van der Waals surface area (Å²) < 4.78 is 5.11. The number of carbonyl (C=O) groups excluding carboxylic acids is 1. The molecule has 2 heteroatoms. The van der Waals surface area contributed by atoms with Gasteiger partial charge in [-0.15, -0.1) is 0 Å². The standard InChI is InChI=1S/C12H22O2/c1-3-5-6-7-9-10-11(8-4-2)14-12(10)13/h10-11H,3-9H2,1-2H3/t10-,11-/m1/s1. The molecule has 0 radical (unpaired) electrons. The third-order valence-electron chi connectivity index (χ3n) is 2.96. The minimum absolute atomic E-state index is 0.0416. The lowest BCUT2D eigenvalue weighted by atomic mass is 9.88. The van der Waals surface area contributed by atoms with Gasteiger partial charge < -0.3 is 4.74 Å². The maximum atomic E-state index is 11.2. The molecule has 0 unspecified atom stereocenters. The molecule has 0 spiro atoms. The van der Waals surface area contributed by atoms with E-state index in [-0.39, 0.29) is 18.0 Å². The summed E-state index contributed by atoms with van der Waals surface area (Å²) in [5.74, 6) is 0.270. The van der Waals surface area contributed by atoms with E-state index in [4.69, 9.17) is 4.74 Å². The van der Waals surface area contributed by atoms with Gasteiger partial charge in [0.15, 0.2) is 0 Å². The lowest BCUT2D eigenvalue weighted by Gasteiger charge is -2.35. The molecule has 0 saturated carbocycles. The summed E-state index contributed by atoms with van der Waals surface area (Å²) in [5.41, 5.74) is 0. The molecule has 0 amide bonds. The van der Waals surface area contributed by atoms with Gasteiger partial charge in [0.25, 0.3) is 0 Å². The predicted octanol–water partition coefficient (Wildman–Crippen LogP) is 3.30. The SMILES string of the molecule is CCCCCC[C@H]1C(=O)O[C@@H]1CCC. The zero-order valence-corrected chi connectivity index (χ0v) is 9.42. The van der Waals surface area contributed by atoms with Gasteiger partial charge in [0.05, 0.1) is 5.92 Å². The highest BCUT2D eigenvalue weighted by molar-refractivity contribution is 5.78. The first kappa shape index (κ1) is 11.5. The van der Waals surface area contributed by atoms with Crippen LogP contribution in [0.2, 0.25) is 0 Å². The quantitative estimate of drug-likeness (QED) is 0.463. The highest BCUT2D eigenvalue weighted by Gasteiger charge is 2.40. The van der Waals surface area contributed by atoms with Crippen LogP contribution in [0.4, 0.5) is 0 Å². The third-order valence-corrected chi connectivity index (χ3v) is 2.96. The molecule has 1 fully saturated rings. The molecule has 1 aliphatic rings. The van der Waals surface area contributed by atoms with Gasteiger partial charge in [-0.25, -0.2) is 0 Å². The van der Waals surface area contributed by atoms with E-state index in [1.807, 2.05) is 0 Å². The van der Waals surface area contributed by atoms with Gasteiger partial charge in [-0.3, -0.25) is 4.79 Å². The van der Waals surface area contributed by atoms with Crippen LogP contribution in [-0.2, 0) is 9.53 Å². The summed E-state index contributed by atoms with van der Waals surface area (Å²) in [6.45, 7) is 4.35. The number of unbranched alkanes of at least 4 members (excludes halogenated alkanes) is 3. The van der Waals surface area contributed by atoms with Gasteiger partial charge in [-0.2, -0.15) is 0 Å². The molecular weight excluding hydrogens is 176 g/mol. The highest BCUT2D eigenvalue weighted by Crippen LogP contribution is 2.30.